The zero-order valence-electron chi connectivity index (χ0n) is 22.1. The zero-order valence-corrected chi connectivity index (χ0v) is 22.1. The van der Waals surface area contributed by atoms with Gasteiger partial charge in [-0.1, -0.05) is 30.3 Å². The van der Waals surface area contributed by atoms with E-state index in [1.165, 1.54) is 39.7 Å². The fourth-order valence-corrected chi connectivity index (χ4v) is 4.98. The van der Waals surface area contributed by atoms with Gasteiger partial charge in [-0.25, -0.2) is 13.2 Å². The van der Waals surface area contributed by atoms with E-state index in [0.717, 1.165) is 37.1 Å². The second kappa shape index (κ2) is 10.6. The smallest absolute Gasteiger partial charge is 0.345 e. The predicted molar refractivity (Wildman–Crippen MR) is 139 cm³/mol. The second-order valence-electron chi connectivity index (χ2n) is 10.3. The van der Waals surface area contributed by atoms with Gasteiger partial charge in [0.2, 0.25) is 5.62 Å². The topological polar surface area (TPSA) is 62.8 Å². The Hall–Kier alpha value is -4.28. The minimum Gasteiger partial charge on any atom is -0.345 e. The number of hydrogen-bond acceptors (Lipinski definition) is 2. The monoisotopic (exact) mass is 572 g/mol. The molecule has 0 radical (unpaired) electrons. The molecule has 1 aromatic heterocycles. The summed E-state index contributed by atoms with van der Waals surface area (Å²) in [5, 5.41) is 10.8. The number of amides is 1. The van der Waals surface area contributed by atoms with E-state index in [-0.39, 0.29) is 23.6 Å². The highest BCUT2D eigenvalue weighted by molar-refractivity contribution is 5.97. The van der Waals surface area contributed by atoms with Crippen molar-refractivity contribution in [2.75, 3.05) is 0 Å². The van der Waals surface area contributed by atoms with Crippen molar-refractivity contribution in [2.45, 2.75) is 38.5 Å². The molecule has 1 atom stereocenters. The third-order valence-corrected chi connectivity index (χ3v) is 7.36. The first kappa shape index (κ1) is 28.3. The fraction of sp³-hybridized carbons (Fsp3) is 0.267. The largest absolute Gasteiger partial charge is 0.417 e. The first-order chi connectivity index (χ1) is 19.4. The van der Waals surface area contributed by atoms with Gasteiger partial charge in [0.25, 0.3) is 5.91 Å². The normalized spacial score (nSPS) is 14.2. The number of carbonyl (C=O) groups excluding carboxylic acids is 1. The molecule has 4 aromatic rings. The molecule has 1 aliphatic carbocycles. The Kier molecular flexibility index (Phi) is 7.31. The molecule has 1 heterocycles. The van der Waals surface area contributed by atoms with Gasteiger partial charge in [-0.2, -0.15) is 13.2 Å². The molecule has 214 valence electrons. The minimum absolute atomic E-state index is 0.0440. The maximum atomic E-state index is 16.1. The highest BCUT2D eigenvalue weighted by Crippen LogP contribution is 2.43. The number of nitrogens with zero attached hydrogens (tertiary/aromatic N) is 2. The van der Waals surface area contributed by atoms with Crippen LogP contribution in [-0.2, 0) is 19.8 Å². The first-order valence-corrected chi connectivity index (χ1v) is 12.9. The SMILES string of the molecule is Cc1cc(C(NC(=O)c2c(F)c(Cn3ccn(C)c3=N)cc(-c3ccccc3C(F)(F)F)c2F)C2CC2)ccc1F. The Bertz CT molecular complexity index is 1700. The molecule has 2 N–H and O–H groups in total. The van der Waals surface area contributed by atoms with Gasteiger partial charge in [0, 0.05) is 30.6 Å². The van der Waals surface area contributed by atoms with Crippen LogP contribution in [-0.4, -0.2) is 15.0 Å². The van der Waals surface area contributed by atoms with Crippen LogP contribution < -0.4 is 10.9 Å². The van der Waals surface area contributed by atoms with Gasteiger partial charge in [-0.3, -0.25) is 10.2 Å². The van der Waals surface area contributed by atoms with E-state index in [2.05, 4.69) is 5.32 Å². The molecule has 41 heavy (non-hydrogen) atoms. The summed E-state index contributed by atoms with van der Waals surface area (Å²) in [4.78, 5) is 13.6. The lowest BCUT2D eigenvalue weighted by atomic mass is 9.93. The molecule has 1 aliphatic rings. The van der Waals surface area contributed by atoms with Crippen LogP contribution in [0.5, 0.6) is 0 Å². The van der Waals surface area contributed by atoms with Gasteiger partial charge in [-0.05, 0) is 60.6 Å². The van der Waals surface area contributed by atoms with E-state index in [1.807, 2.05) is 0 Å². The molecule has 3 aromatic carbocycles. The van der Waals surface area contributed by atoms with Crippen molar-refractivity contribution in [3.05, 3.63) is 112 Å². The van der Waals surface area contributed by atoms with Crippen LogP contribution in [0, 0.1) is 35.7 Å². The summed E-state index contributed by atoms with van der Waals surface area (Å²) in [5.74, 6) is -4.31. The van der Waals surface area contributed by atoms with Crippen molar-refractivity contribution < 1.29 is 31.1 Å². The Labute approximate surface area is 231 Å². The maximum Gasteiger partial charge on any atom is 0.417 e. The van der Waals surface area contributed by atoms with Gasteiger partial charge < -0.3 is 14.5 Å². The molecule has 5 nitrogen and oxygen atoms in total. The molecule has 0 saturated heterocycles. The molecule has 0 aliphatic heterocycles. The highest BCUT2D eigenvalue weighted by Gasteiger charge is 2.37. The summed E-state index contributed by atoms with van der Waals surface area (Å²) < 4.78 is 90.3. The molecular formula is C30H26F6N4O. The summed E-state index contributed by atoms with van der Waals surface area (Å²) in [6.45, 7) is 1.22. The summed E-state index contributed by atoms with van der Waals surface area (Å²) in [6, 6.07) is 8.84. The highest BCUT2D eigenvalue weighted by atomic mass is 19.4. The van der Waals surface area contributed by atoms with Crippen molar-refractivity contribution >= 4 is 5.91 Å². The number of rotatable bonds is 7. The van der Waals surface area contributed by atoms with Gasteiger partial charge in [0.05, 0.1) is 18.2 Å². The summed E-state index contributed by atoms with van der Waals surface area (Å²) in [5.41, 5.74) is -2.74. The van der Waals surface area contributed by atoms with Crippen LogP contribution in [0.1, 0.15) is 51.5 Å². The summed E-state index contributed by atoms with van der Waals surface area (Å²) in [7, 11) is 1.58. The third-order valence-electron chi connectivity index (χ3n) is 7.36. The van der Waals surface area contributed by atoms with E-state index < -0.39 is 57.8 Å². The number of benzene rings is 3. The Morgan fingerprint density at radius 3 is 2.34 bits per heavy atom. The number of aryl methyl sites for hydroxylation is 2. The number of carbonyl (C=O) groups is 1. The van der Waals surface area contributed by atoms with E-state index in [0.29, 0.717) is 11.1 Å². The van der Waals surface area contributed by atoms with Crippen LogP contribution in [0.25, 0.3) is 11.1 Å². The number of alkyl halides is 3. The van der Waals surface area contributed by atoms with Crippen molar-refractivity contribution in [2.24, 2.45) is 13.0 Å². The number of aromatic nitrogens is 2. The number of imidazole rings is 1. The summed E-state index contributed by atoms with van der Waals surface area (Å²) in [6.07, 6.45) is -0.391. The molecule has 1 unspecified atom stereocenters. The quantitative estimate of drug-likeness (QED) is 0.240. The molecule has 5 rings (SSSR count). The van der Waals surface area contributed by atoms with E-state index in [9.17, 15) is 22.4 Å². The molecule has 11 heteroatoms. The second-order valence-corrected chi connectivity index (χ2v) is 10.3. The lowest BCUT2D eigenvalue weighted by Crippen LogP contribution is -2.32. The standard InChI is InChI=1S/C30H26F6N4O/c1-16-13-18(9-10-23(16)31)27(17-7-8-17)38-28(41)24-25(32)19(15-40-12-11-39(2)29(40)37)14-21(26(24)33)20-5-3-4-6-22(20)30(34,35)36/h3-6,9-14,17,27,37H,7-8,15H2,1-2H3,(H,38,41). The zero-order chi connectivity index (χ0) is 29.6. The van der Waals surface area contributed by atoms with Crippen LogP contribution in [0.15, 0.2) is 60.9 Å². The third kappa shape index (κ3) is 5.53. The van der Waals surface area contributed by atoms with Gasteiger partial charge in [-0.15, -0.1) is 0 Å². The van der Waals surface area contributed by atoms with Gasteiger partial charge >= 0.3 is 6.18 Å². The average molecular weight is 573 g/mol. The molecule has 0 spiro atoms. The summed E-state index contributed by atoms with van der Waals surface area (Å²) >= 11 is 0. The number of hydrogen-bond donors (Lipinski definition) is 2. The predicted octanol–water partition coefficient (Wildman–Crippen LogP) is 6.65. The molecule has 1 fully saturated rings. The van der Waals surface area contributed by atoms with Crippen LogP contribution in [0.2, 0.25) is 0 Å². The lowest BCUT2D eigenvalue weighted by Gasteiger charge is -2.22. The lowest BCUT2D eigenvalue weighted by molar-refractivity contribution is -0.137. The van der Waals surface area contributed by atoms with Crippen molar-refractivity contribution in [3.8, 4) is 11.1 Å². The molecule has 0 bridgehead atoms. The van der Waals surface area contributed by atoms with E-state index in [1.54, 1.807) is 20.0 Å². The van der Waals surface area contributed by atoms with Gasteiger partial charge in [0.15, 0.2) is 0 Å². The van der Waals surface area contributed by atoms with Gasteiger partial charge in [0.1, 0.15) is 23.0 Å². The fourth-order valence-electron chi connectivity index (χ4n) is 4.98. The van der Waals surface area contributed by atoms with Crippen LogP contribution in [0.3, 0.4) is 0 Å². The van der Waals surface area contributed by atoms with Crippen molar-refractivity contribution in [1.29, 1.82) is 5.41 Å². The Morgan fingerprint density at radius 2 is 1.73 bits per heavy atom. The van der Waals surface area contributed by atoms with Crippen LogP contribution in [0.4, 0.5) is 26.3 Å². The number of nitrogens with one attached hydrogen (secondary N) is 2. The molecule has 1 amide bonds. The molecule has 1 saturated carbocycles. The Balaban J connectivity index is 1.65. The minimum atomic E-state index is -4.85. The maximum absolute atomic E-state index is 16.1. The first-order valence-electron chi connectivity index (χ1n) is 12.9. The van der Waals surface area contributed by atoms with Crippen LogP contribution >= 0.6 is 0 Å². The average Bonchev–Trinajstić information content (AvgIpc) is 3.72. The number of halogens is 6. The van der Waals surface area contributed by atoms with E-state index in [4.69, 9.17) is 5.41 Å². The Morgan fingerprint density at radius 1 is 1.02 bits per heavy atom. The molecular weight excluding hydrogens is 546 g/mol. The van der Waals surface area contributed by atoms with Crippen molar-refractivity contribution in [1.82, 2.24) is 14.5 Å². The van der Waals surface area contributed by atoms with E-state index >= 15 is 8.78 Å². The van der Waals surface area contributed by atoms with Crippen molar-refractivity contribution in [3.63, 3.8) is 0 Å².